The summed E-state index contributed by atoms with van der Waals surface area (Å²) in [6, 6.07) is -0.358. The fraction of sp³-hybridized carbons (Fsp3) is 0.833. The van der Waals surface area contributed by atoms with Gasteiger partial charge < -0.3 is 15.2 Å². The average Bonchev–Trinajstić information content (AvgIpc) is 1.63. The predicted molar refractivity (Wildman–Crippen MR) is 32.7 cm³/mol. The van der Waals surface area contributed by atoms with Crippen LogP contribution in [0.5, 0.6) is 0 Å². The first-order chi connectivity index (χ1) is 4.04. The van der Waals surface area contributed by atoms with Gasteiger partial charge in [-0.1, -0.05) is 13.8 Å². The third kappa shape index (κ3) is 6.55. The Morgan fingerprint density at radius 3 is 1.90 bits per heavy atom. The van der Waals surface area contributed by atoms with Crippen LogP contribution in [0.3, 0.4) is 0 Å². The zero-order valence-corrected chi connectivity index (χ0v) is 8.97. The van der Waals surface area contributed by atoms with Gasteiger partial charge in [0.2, 0.25) is 0 Å². The summed E-state index contributed by atoms with van der Waals surface area (Å²) < 4.78 is 0. The van der Waals surface area contributed by atoms with Gasteiger partial charge in [-0.15, -0.1) is 0 Å². The van der Waals surface area contributed by atoms with Gasteiger partial charge >= 0.3 is 29.6 Å². The summed E-state index contributed by atoms with van der Waals surface area (Å²) in [5, 5.41) is 12.8. The Morgan fingerprint density at radius 1 is 1.40 bits per heavy atom. The monoisotopic (exact) mass is 153 g/mol. The number of carboxylic acid groups (broad SMARTS) is 1. The molecule has 0 aliphatic rings. The van der Waals surface area contributed by atoms with Gasteiger partial charge in [0, 0.05) is 12.1 Å². The van der Waals surface area contributed by atoms with Crippen LogP contribution in [-0.2, 0) is 4.79 Å². The Balaban J connectivity index is 0. The van der Waals surface area contributed by atoms with Crippen molar-refractivity contribution in [3.63, 3.8) is 0 Å². The normalized spacial score (nSPS) is 12.4. The summed E-state index contributed by atoms with van der Waals surface area (Å²) in [6.07, 6.45) is 0. The molecule has 1 N–H and O–H groups in total. The van der Waals surface area contributed by atoms with Crippen molar-refractivity contribution in [1.82, 2.24) is 5.32 Å². The van der Waals surface area contributed by atoms with Gasteiger partial charge in [-0.05, 0) is 6.92 Å². The minimum Gasteiger partial charge on any atom is -0.548 e. The zero-order chi connectivity index (χ0) is 7.44. The molecular formula is C6H12NNaO2. The topological polar surface area (TPSA) is 52.2 Å². The fourth-order valence-corrected chi connectivity index (χ4v) is 0.568. The van der Waals surface area contributed by atoms with Gasteiger partial charge in [0.25, 0.3) is 0 Å². The van der Waals surface area contributed by atoms with Crippen LogP contribution in [0.4, 0.5) is 0 Å². The Morgan fingerprint density at radius 2 is 1.80 bits per heavy atom. The Bertz CT molecular complexity index is 106. The quantitative estimate of drug-likeness (QED) is 0.422. The van der Waals surface area contributed by atoms with Crippen molar-refractivity contribution in [3.05, 3.63) is 0 Å². The molecule has 0 saturated heterocycles. The summed E-state index contributed by atoms with van der Waals surface area (Å²) in [5.41, 5.74) is 0. The maximum Gasteiger partial charge on any atom is 1.00 e. The molecule has 0 rings (SSSR count). The van der Waals surface area contributed by atoms with Crippen LogP contribution in [-0.4, -0.2) is 18.1 Å². The largest absolute Gasteiger partial charge is 1.00 e. The number of carbonyl (C=O) groups excluding carboxylic acids is 1. The molecule has 0 aromatic heterocycles. The molecule has 0 heterocycles. The molecule has 10 heavy (non-hydrogen) atoms. The van der Waals surface area contributed by atoms with Gasteiger partial charge in [-0.25, -0.2) is 0 Å². The second-order valence-corrected chi connectivity index (χ2v) is 2.36. The minimum atomic E-state index is -1.05. The molecule has 0 aromatic carbocycles. The number of nitrogens with one attached hydrogen (secondary N) is 1. The van der Waals surface area contributed by atoms with E-state index in [1.165, 1.54) is 0 Å². The second-order valence-electron chi connectivity index (χ2n) is 2.36. The van der Waals surface area contributed by atoms with Gasteiger partial charge in [0.05, 0.1) is 5.97 Å². The van der Waals surface area contributed by atoms with E-state index in [4.69, 9.17) is 0 Å². The van der Waals surface area contributed by atoms with Crippen LogP contribution in [0.15, 0.2) is 0 Å². The zero-order valence-electron chi connectivity index (χ0n) is 6.97. The summed E-state index contributed by atoms with van der Waals surface area (Å²) in [4.78, 5) is 10.1. The second kappa shape index (κ2) is 6.16. The molecule has 0 radical (unpaired) electrons. The minimum absolute atomic E-state index is 0. The first-order valence-corrected chi connectivity index (χ1v) is 3.01. The molecule has 1 unspecified atom stereocenters. The first-order valence-electron chi connectivity index (χ1n) is 3.01. The fourth-order valence-electron chi connectivity index (χ4n) is 0.568. The number of carbonyl (C=O) groups is 1. The molecule has 4 heteroatoms. The maximum atomic E-state index is 10.1. The van der Waals surface area contributed by atoms with E-state index in [1.807, 2.05) is 13.8 Å². The number of aliphatic carboxylic acids is 1. The van der Waals surface area contributed by atoms with E-state index in [2.05, 4.69) is 5.32 Å². The Labute approximate surface area is 83.5 Å². The summed E-state index contributed by atoms with van der Waals surface area (Å²) in [5.74, 6) is -1.05. The van der Waals surface area contributed by atoms with E-state index in [-0.39, 0.29) is 35.6 Å². The molecule has 1 atom stereocenters. The third-order valence-electron chi connectivity index (χ3n) is 0.937. The van der Waals surface area contributed by atoms with Gasteiger partial charge in [0.15, 0.2) is 0 Å². The van der Waals surface area contributed by atoms with Gasteiger partial charge in [0.1, 0.15) is 0 Å². The molecule has 0 saturated carbocycles. The van der Waals surface area contributed by atoms with Crippen molar-refractivity contribution in [2.75, 3.05) is 0 Å². The molecule has 0 bridgehead atoms. The molecule has 0 aliphatic carbocycles. The third-order valence-corrected chi connectivity index (χ3v) is 0.937. The summed E-state index contributed by atoms with van der Waals surface area (Å²) >= 11 is 0. The SMILES string of the molecule is CC(C)NC(C)C(=O)[O-].[Na+]. The molecule has 0 aliphatic heterocycles. The number of carboxylic acids is 1. The van der Waals surface area contributed by atoms with Crippen LogP contribution in [0.1, 0.15) is 20.8 Å². The van der Waals surface area contributed by atoms with E-state index in [9.17, 15) is 9.90 Å². The smallest absolute Gasteiger partial charge is 0.548 e. The van der Waals surface area contributed by atoms with E-state index < -0.39 is 12.0 Å². The van der Waals surface area contributed by atoms with Crippen LogP contribution in [0, 0.1) is 0 Å². The number of hydrogen-bond acceptors (Lipinski definition) is 3. The van der Waals surface area contributed by atoms with Crippen molar-refractivity contribution >= 4 is 5.97 Å². The number of rotatable bonds is 3. The van der Waals surface area contributed by atoms with Crippen molar-refractivity contribution < 1.29 is 39.5 Å². The number of hydrogen-bond donors (Lipinski definition) is 1. The average molecular weight is 153 g/mol. The van der Waals surface area contributed by atoms with Crippen LogP contribution >= 0.6 is 0 Å². The molecule has 0 spiro atoms. The maximum absolute atomic E-state index is 10.1. The van der Waals surface area contributed by atoms with E-state index in [0.717, 1.165) is 0 Å². The Kier molecular flexibility index (Phi) is 8.04. The van der Waals surface area contributed by atoms with E-state index in [1.54, 1.807) is 6.92 Å². The first kappa shape index (κ1) is 13.1. The summed E-state index contributed by atoms with van der Waals surface area (Å²) in [6.45, 7) is 5.34. The molecule has 0 aromatic rings. The van der Waals surface area contributed by atoms with Crippen molar-refractivity contribution in [2.45, 2.75) is 32.9 Å². The molecule has 3 nitrogen and oxygen atoms in total. The van der Waals surface area contributed by atoms with Crippen molar-refractivity contribution in [1.29, 1.82) is 0 Å². The molecular weight excluding hydrogens is 141 g/mol. The van der Waals surface area contributed by atoms with Crippen LogP contribution < -0.4 is 40.0 Å². The van der Waals surface area contributed by atoms with Crippen molar-refractivity contribution in [3.8, 4) is 0 Å². The molecule has 54 valence electrons. The van der Waals surface area contributed by atoms with Gasteiger partial charge in [-0.3, -0.25) is 0 Å². The molecule has 0 fully saturated rings. The van der Waals surface area contributed by atoms with Crippen LogP contribution in [0.25, 0.3) is 0 Å². The van der Waals surface area contributed by atoms with E-state index >= 15 is 0 Å². The summed E-state index contributed by atoms with van der Waals surface area (Å²) in [7, 11) is 0. The van der Waals surface area contributed by atoms with Crippen molar-refractivity contribution in [2.24, 2.45) is 0 Å². The van der Waals surface area contributed by atoms with E-state index in [0.29, 0.717) is 0 Å². The molecule has 0 amide bonds. The van der Waals surface area contributed by atoms with Crippen LogP contribution in [0.2, 0.25) is 0 Å². The Hall–Kier alpha value is 0.430. The van der Waals surface area contributed by atoms with Gasteiger partial charge in [-0.2, -0.15) is 0 Å². The predicted octanol–water partition coefficient (Wildman–Crippen LogP) is -3.87. The standard InChI is InChI=1S/C6H13NO2.Na/c1-4(2)7-5(3)6(8)9;/h4-5,7H,1-3H3,(H,8,9);/q;+1/p-1.